The first-order chi connectivity index (χ1) is 13.6. The van der Waals surface area contributed by atoms with Crippen molar-refractivity contribution in [3.8, 4) is 0 Å². The van der Waals surface area contributed by atoms with Crippen molar-refractivity contribution >= 4 is 23.2 Å². The van der Waals surface area contributed by atoms with Gasteiger partial charge in [-0.3, -0.25) is 24.4 Å². The summed E-state index contributed by atoms with van der Waals surface area (Å²) in [5.74, 6) is -0.486. The second-order valence-corrected chi connectivity index (χ2v) is 8.39. The minimum Gasteiger partial charge on any atom is -0.344 e. The van der Waals surface area contributed by atoms with Crippen LogP contribution in [0.15, 0.2) is 45.1 Å². The fraction of sp³-hybridized carbons (Fsp3) is 0.333. The maximum atomic E-state index is 13.1. The van der Waals surface area contributed by atoms with Gasteiger partial charge in [-0.25, -0.2) is 4.79 Å². The number of carbonyl (C=O) groups is 2. The van der Waals surface area contributed by atoms with E-state index in [-0.39, 0.29) is 17.1 Å². The number of amides is 1. The summed E-state index contributed by atoms with van der Waals surface area (Å²) in [7, 11) is 0. The third kappa shape index (κ3) is 3.41. The van der Waals surface area contributed by atoms with Gasteiger partial charge in [0.25, 0.3) is 5.56 Å². The highest BCUT2D eigenvalue weighted by Gasteiger charge is 2.42. The second-order valence-electron chi connectivity index (χ2n) is 8.39. The first-order valence-electron chi connectivity index (χ1n) is 9.42. The molecular weight excluding hydrogens is 372 g/mol. The topological polar surface area (TPSA) is 124 Å². The fourth-order valence-electron chi connectivity index (χ4n) is 4.24. The van der Waals surface area contributed by atoms with Gasteiger partial charge in [0, 0.05) is 36.2 Å². The minimum absolute atomic E-state index is 0.0177. The Morgan fingerprint density at radius 3 is 2.41 bits per heavy atom. The average molecular weight is 394 g/mol. The van der Waals surface area contributed by atoms with E-state index in [0.29, 0.717) is 35.5 Å². The Hall–Kier alpha value is -3.42. The van der Waals surface area contributed by atoms with Crippen LogP contribution in [0.4, 0.5) is 11.5 Å². The highest BCUT2D eigenvalue weighted by molar-refractivity contribution is 6.01. The Morgan fingerprint density at radius 2 is 1.76 bits per heavy atom. The Bertz CT molecular complexity index is 1170. The SMILES string of the molecule is CC(=O)Nc1ccc([C@H]2C3=C(CC(C)(C)CC3=O)Nc3[nH]c(=O)[nH]c(=O)c32)cc1. The third-order valence-corrected chi connectivity index (χ3v) is 5.32. The lowest BCUT2D eigenvalue weighted by Gasteiger charge is -2.38. The Kier molecular flexibility index (Phi) is 4.29. The zero-order chi connectivity index (χ0) is 20.9. The Balaban J connectivity index is 1.91. The molecule has 29 heavy (non-hydrogen) atoms. The molecule has 0 saturated carbocycles. The molecular formula is C21H22N4O4. The van der Waals surface area contributed by atoms with Gasteiger partial charge in [0.05, 0.1) is 5.56 Å². The number of ketones is 1. The number of carbonyl (C=O) groups excluding carboxylic acids is 2. The molecule has 1 atom stereocenters. The summed E-state index contributed by atoms with van der Waals surface area (Å²) in [6.07, 6.45) is 1.01. The lowest BCUT2D eigenvalue weighted by atomic mass is 9.69. The molecule has 0 radical (unpaired) electrons. The summed E-state index contributed by atoms with van der Waals surface area (Å²) in [6.45, 7) is 5.46. The monoisotopic (exact) mass is 394 g/mol. The molecule has 1 aliphatic heterocycles. The summed E-state index contributed by atoms with van der Waals surface area (Å²) in [6, 6.07) is 7.03. The summed E-state index contributed by atoms with van der Waals surface area (Å²) in [5.41, 5.74) is 1.60. The van der Waals surface area contributed by atoms with Gasteiger partial charge < -0.3 is 10.6 Å². The molecule has 150 valence electrons. The van der Waals surface area contributed by atoms with Crippen LogP contribution in [0.2, 0.25) is 0 Å². The summed E-state index contributed by atoms with van der Waals surface area (Å²) in [5, 5.41) is 5.83. The maximum Gasteiger partial charge on any atom is 0.327 e. The van der Waals surface area contributed by atoms with Crippen molar-refractivity contribution in [3.05, 3.63) is 67.5 Å². The smallest absolute Gasteiger partial charge is 0.327 e. The number of fused-ring (bicyclic) bond motifs is 1. The zero-order valence-corrected chi connectivity index (χ0v) is 16.4. The average Bonchev–Trinajstić information content (AvgIpc) is 2.58. The largest absolute Gasteiger partial charge is 0.344 e. The first-order valence-corrected chi connectivity index (χ1v) is 9.42. The van der Waals surface area contributed by atoms with Crippen molar-refractivity contribution in [2.75, 3.05) is 10.6 Å². The lowest BCUT2D eigenvalue weighted by molar-refractivity contribution is -0.118. The van der Waals surface area contributed by atoms with E-state index < -0.39 is 17.2 Å². The molecule has 2 heterocycles. The van der Waals surface area contributed by atoms with E-state index in [1.165, 1.54) is 6.92 Å². The molecule has 2 aromatic rings. The number of nitrogens with one attached hydrogen (secondary N) is 4. The van der Waals surface area contributed by atoms with Gasteiger partial charge >= 0.3 is 5.69 Å². The number of hydrogen-bond donors (Lipinski definition) is 4. The lowest BCUT2D eigenvalue weighted by Crippen LogP contribution is -2.38. The number of rotatable bonds is 2. The van der Waals surface area contributed by atoms with Crippen LogP contribution in [0.3, 0.4) is 0 Å². The van der Waals surface area contributed by atoms with E-state index in [1.807, 2.05) is 13.8 Å². The number of benzene rings is 1. The molecule has 0 fully saturated rings. The van der Waals surface area contributed by atoms with E-state index in [0.717, 1.165) is 11.3 Å². The minimum atomic E-state index is -0.605. The van der Waals surface area contributed by atoms with E-state index in [9.17, 15) is 19.2 Å². The van der Waals surface area contributed by atoms with Crippen molar-refractivity contribution in [3.63, 3.8) is 0 Å². The quantitative estimate of drug-likeness (QED) is 0.622. The van der Waals surface area contributed by atoms with E-state index in [2.05, 4.69) is 20.6 Å². The summed E-state index contributed by atoms with van der Waals surface area (Å²) < 4.78 is 0. The predicted molar refractivity (Wildman–Crippen MR) is 109 cm³/mol. The van der Waals surface area contributed by atoms with Gasteiger partial charge in [0.1, 0.15) is 5.82 Å². The number of anilines is 2. The van der Waals surface area contributed by atoms with Crippen LogP contribution in [-0.2, 0) is 9.59 Å². The number of aromatic amines is 2. The van der Waals surface area contributed by atoms with E-state index >= 15 is 0 Å². The van der Waals surface area contributed by atoms with E-state index in [1.54, 1.807) is 24.3 Å². The molecule has 1 aliphatic carbocycles. The third-order valence-electron chi connectivity index (χ3n) is 5.32. The maximum absolute atomic E-state index is 13.1. The number of Topliss-reactive ketones (excluding diaryl/α,β-unsaturated/α-hetero) is 1. The number of allylic oxidation sites excluding steroid dienone is 2. The van der Waals surface area contributed by atoms with Crippen molar-refractivity contribution in [1.29, 1.82) is 0 Å². The predicted octanol–water partition coefficient (Wildman–Crippen LogP) is 2.22. The van der Waals surface area contributed by atoms with Crippen LogP contribution in [0, 0.1) is 5.41 Å². The normalized spacial score (nSPS) is 19.8. The van der Waals surface area contributed by atoms with Crippen LogP contribution < -0.4 is 21.9 Å². The highest BCUT2D eigenvalue weighted by Crippen LogP contribution is 2.47. The number of aromatic nitrogens is 2. The highest BCUT2D eigenvalue weighted by atomic mass is 16.2. The van der Waals surface area contributed by atoms with Crippen LogP contribution >= 0.6 is 0 Å². The molecule has 4 rings (SSSR count). The molecule has 0 saturated heterocycles. The molecule has 1 amide bonds. The van der Waals surface area contributed by atoms with Crippen LogP contribution in [0.25, 0.3) is 0 Å². The van der Waals surface area contributed by atoms with Gasteiger partial charge in [-0.1, -0.05) is 26.0 Å². The molecule has 8 nitrogen and oxygen atoms in total. The molecule has 0 spiro atoms. The summed E-state index contributed by atoms with van der Waals surface area (Å²) >= 11 is 0. The van der Waals surface area contributed by atoms with Crippen molar-refractivity contribution < 1.29 is 9.59 Å². The standard InChI is InChI=1S/C21H22N4O4/c1-10(26)22-12-6-4-11(5-7-12)15-16-13(8-21(2,3)9-14(16)27)23-18-17(15)19(28)25-20(29)24-18/h4-7,15H,8-9H2,1-3H3,(H,22,26)(H3,23,24,25,28,29)/t15-/m0/s1. The Labute approximate surface area is 166 Å². The van der Waals surface area contributed by atoms with Gasteiger partial charge in [-0.05, 0) is 29.5 Å². The molecule has 0 bridgehead atoms. The number of hydrogen-bond acceptors (Lipinski definition) is 5. The van der Waals surface area contributed by atoms with Crippen molar-refractivity contribution in [2.45, 2.75) is 39.5 Å². The molecule has 0 unspecified atom stereocenters. The second kappa shape index (κ2) is 6.58. The van der Waals surface area contributed by atoms with Gasteiger partial charge in [0.15, 0.2) is 5.78 Å². The molecule has 1 aromatic carbocycles. The van der Waals surface area contributed by atoms with Crippen molar-refractivity contribution in [2.24, 2.45) is 5.41 Å². The van der Waals surface area contributed by atoms with Gasteiger partial charge in [-0.2, -0.15) is 0 Å². The molecule has 4 N–H and O–H groups in total. The van der Waals surface area contributed by atoms with Crippen LogP contribution in [-0.4, -0.2) is 21.7 Å². The van der Waals surface area contributed by atoms with Gasteiger partial charge in [0.2, 0.25) is 5.91 Å². The van der Waals surface area contributed by atoms with Gasteiger partial charge in [-0.15, -0.1) is 0 Å². The molecule has 2 aliphatic rings. The molecule has 1 aromatic heterocycles. The zero-order valence-electron chi connectivity index (χ0n) is 16.4. The van der Waals surface area contributed by atoms with Crippen LogP contribution in [0.5, 0.6) is 0 Å². The van der Waals surface area contributed by atoms with E-state index in [4.69, 9.17) is 0 Å². The Morgan fingerprint density at radius 1 is 1.07 bits per heavy atom. The van der Waals surface area contributed by atoms with Crippen molar-refractivity contribution in [1.82, 2.24) is 9.97 Å². The first kappa shape index (κ1) is 18.9. The molecule has 8 heteroatoms. The van der Waals surface area contributed by atoms with Crippen LogP contribution in [0.1, 0.15) is 50.7 Å². The number of H-pyrrole nitrogens is 2. The summed E-state index contributed by atoms with van der Waals surface area (Å²) in [4.78, 5) is 53.8. The fourth-order valence-corrected chi connectivity index (χ4v) is 4.24.